The second kappa shape index (κ2) is 9.77. The van der Waals surface area contributed by atoms with Gasteiger partial charge in [0.2, 0.25) is 5.91 Å². The van der Waals surface area contributed by atoms with Crippen LogP contribution in [-0.4, -0.2) is 45.2 Å². The van der Waals surface area contributed by atoms with Gasteiger partial charge in [0.15, 0.2) is 10.9 Å². The molecular weight excluding hydrogens is 448 g/mol. The quantitative estimate of drug-likeness (QED) is 0.362. The van der Waals surface area contributed by atoms with Crippen LogP contribution in [0.5, 0.6) is 0 Å². The van der Waals surface area contributed by atoms with Crippen LogP contribution in [0, 0.1) is 5.92 Å². The van der Waals surface area contributed by atoms with Gasteiger partial charge in [0, 0.05) is 29.5 Å². The van der Waals surface area contributed by atoms with Crippen LogP contribution in [0.4, 0.5) is 11.4 Å². The maximum Gasteiger partial charge on any atom is 0.256 e. The molecule has 2 amide bonds. The van der Waals surface area contributed by atoms with E-state index in [1.54, 1.807) is 24.3 Å². The molecule has 0 bridgehead atoms. The average molecular weight is 477 g/mol. The lowest BCUT2D eigenvalue weighted by molar-refractivity contribution is -0.124. The third-order valence-corrected chi connectivity index (χ3v) is 6.69. The normalized spacial score (nSPS) is 16.9. The van der Waals surface area contributed by atoms with Crippen molar-refractivity contribution in [2.75, 3.05) is 16.8 Å². The van der Waals surface area contributed by atoms with Crippen molar-refractivity contribution >= 4 is 57.2 Å². The number of hydrogen-bond donors (Lipinski definition) is 2. The molecule has 0 aliphatic carbocycles. The number of H-pyrrole nitrogens is 1. The molecule has 2 atom stereocenters. The summed E-state index contributed by atoms with van der Waals surface area (Å²) in [5.41, 5.74) is 2.75. The van der Waals surface area contributed by atoms with Gasteiger partial charge in [-0.2, -0.15) is 0 Å². The van der Waals surface area contributed by atoms with Gasteiger partial charge in [-0.3, -0.25) is 19.3 Å². The Kier molecular flexibility index (Phi) is 6.79. The fourth-order valence-electron chi connectivity index (χ4n) is 4.10. The van der Waals surface area contributed by atoms with Crippen LogP contribution in [-0.2, 0) is 9.59 Å². The molecule has 3 aromatic rings. The fraction of sp³-hybridized carbons (Fsp3) is 0.308. The Labute approximate surface area is 204 Å². The monoisotopic (exact) mass is 476 g/mol. The summed E-state index contributed by atoms with van der Waals surface area (Å²) in [5, 5.41) is 4.35. The summed E-state index contributed by atoms with van der Waals surface area (Å²) >= 11 is 5.70. The Bertz CT molecular complexity index is 1250. The molecule has 7 nitrogen and oxygen atoms in total. The molecule has 2 N–H and O–H groups in total. The van der Waals surface area contributed by atoms with Gasteiger partial charge in [-0.15, -0.1) is 0 Å². The van der Waals surface area contributed by atoms with E-state index in [9.17, 15) is 14.4 Å². The number of amides is 2. The van der Waals surface area contributed by atoms with Crippen LogP contribution in [0.25, 0.3) is 10.9 Å². The lowest BCUT2D eigenvalue weighted by atomic mass is 10.1. The van der Waals surface area contributed by atoms with Crippen LogP contribution in [0.3, 0.4) is 0 Å². The summed E-state index contributed by atoms with van der Waals surface area (Å²) in [7, 11) is 0. The molecule has 1 saturated heterocycles. The molecule has 0 spiro atoms. The lowest BCUT2D eigenvalue weighted by Gasteiger charge is -2.26. The first-order chi connectivity index (χ1) is 16.3. The van der Waals surface area contributed by atoms with Crippen molar-refractivity contribution in [1.82, 2.24) is 9.88 Å². The van der Waals surface area contributed by atoms with E-state index in [2.05, 4.69) is 24.1 Å². The highest BCUT2D eigenvalue weighted by atomic mass is 32.1. The number of carbonyl (C=O) groups is 3. The Hall–Kier alpha value is -3.52. The third kappa shape index (κ3) is 4.72. The van der Waals surface area contributed by atoms with E-state index < -0.39 is 6.04 Å². The van der Waals surface area contributed by atoms with E-state index in [-0.39, 0.29) is 24.0 Å². The Balaban J connectivity index is 1.56. The maximum absolute atomic E-state index is 13.5. The summed E-state index contributed by atoms with van der Waals surface area (Å²) in [4.78, 5) is 44.5. The van der Waals surface area contributed by atoms with Gasteiger partial charge in [0.25, 0.3) is 5.91 Å². The minimum atomic E-state index is -0.691. The average Bonchev–Trinajstić information content (AvgIpc) is 3.37. The minimum Gasteiger partial charge on any atom is -0.361 e. The van der Waals surface area contributed by atoms with Gasteiger partial charge in [-0.25, -0.2) is 0 Å². The second-order valence-corrected chi connectivity index (χ2v) is 9.14. The summed E-state index contributed by atoms with van der Waals surface area (Å²) in [6.07, 6.45) is 2.76. The molecule has 1 aliphatic heterocycles. The Morgan fingerprint density at radius 1 is 1.15 bits per heavy atom. The highest BCUT2D eigenvalue weighted by Crippen LogP contribution is 2.29. The Morgan fingerprint density at radius 2 is 1.88 bits per heavy atom. The van der Waals surface area contributed by atoms with Crippen LogP contribution >= 0.6 is 12.2 Å². The van der Waals surface area contributed by atoms with Crippen LogP contribution in [0.1, 0.15) is 44.0 Å². The lowest BCUT2D eigenvalue weighted by Crippen LogP contribution is -2.40. The molecule has 176 valence electrons. The molecule has 2 heterocycles. The molecule has 4 rings (SSSR count). The molecule has 1 aromatic heterocycles. The molecule has 34 heavy (non-hydrogen) atoms. The number of fused-ring (bicyclic) bond motifs is 1. The summed E-state index contributed by atoms with van der Waals surface area (Å²) in [6, 6.07) is 13.7. The van der Waals surface area contributed by atoms with Gasteiger partial charge in [0.1, 0.15) is 6.04 Å². The highest BCUT2D eigenvalue weighted by Gasteiger charge is 2.44. The predicted molar refractivity (Wildman–Crippen MR) is 138 cm³/mol. The number of rotatable bonds is 8. The fourth-order valence-corrected chi connectivity index (χ4v) is 4.50. The van der Waals surface area contributed by atoms with Crippen molar-refractivity contribution in [3.05, 3.63) is 60.3 Å². The van der Waals surface area contributed by atoms with E-state index in [0.29, 0.717) is 34.5 Å². The number of anilines is 2. The molecule has 2 aromatic carbocycles. The molecule has 0 saturated carbocycles. The zero-order chi connectivity index (χ0) is 24.4. The highest BCUT2D eigenvalue weighted by molar-refractivity contribution is 7.80. The van der Waals surface area contributed by atoms with Crippen LogP contribution < -0.4 is 10.2 Å². The van der Waals surface area contributed by atoms with E-state index in [1.807, 2.05) is 35.4 Å². The number of carbonyl (C=O) groups excluding carboxylic acids is 3. The summed E-state index contributed by atoms with van der Waals surface area (Å²) in [6.45, 7) is 6.26. The van der Waals surface area contributed by atoms with E-state index in [1.165, 1.54) is 11.8 Å². The molecular formula is C26H28N4O3S. The van der Waals surface area contributed by atoms with Gasteiger partial charge >= 0.3 is 0 Å². The first-order valence-corrected chi connectivity index (χ1v) is 11.8. The molecule has 0 radical (unpaired) electrons. The van der Waals surface area contributed by atoms with Crippen LogP contribution in [0.15, 0.2) is 54.7 Å². The zero-order valence-electron chi connectivity index (χ0n) is 19.5. The number of aromatic nitrogens is 1. The van der Waals surface area contributed by atoms with Gasteiger partial charge in [0.05, 0.1) is 12.1 Å². The van der Waals surface area contributed by atoms with Crippen molar-refractivity contribution in [3.8, 4) is 0 Å². The van der Waals surface area contributed by atoms with E-state index in [0.717, 1.165) is 17.3 Å². The standard InChI is InChI=1S/C26H28N4O3S/c1-4-16(2)15-29-23(14-24(32)28-20-8-5-19-11-12-27-22(19)13-20)25(33)30(26(29)34)21-9-6-18(7-10-21)17(3)31/h5-13,16,23,27H,4,14-15H2,1-3H3,(H,28,32). The van der Waals surface area contributed by atoms with Gasteiger partial charge in [-0.05, 0) is 72.9 Å². The van der Waals surface area contributed by atoms with Crippen molar-refractivity contribution in [1.29, 1.82) is 0 Å². The molecule has 1 fully saturated rings. The number of Topliss-reactive ketones (excluding diaryl/α,β-unsaturated/α-hetero) is 1. The number of ketones is 1. The number of aromatic amines is 1. The first-order valence-electron chi connectivity index (χ1n) is 11.4. The number of benzene rings is 2. The second-order valence-electron chi connectivity index (χ2n) is 8.77. The van der Waals surface area contributed by atoms with Crippen molar-refractivity contribution in [2.45, 2.75) is 39.7 Å². The van der Waals surface area contributed by atoms with E-state index in [4.69, 9.17) is 12.2 Å². The zero-order valence-corrected chi connectivity index (χ0v) is 20.3. The maximum atomic E-state index is 13.5. The SMILES string of the molecule is CCC(C)CN1C(=S)N(c2ccc(C(C)=O)cc2)C(=O)C1CC(=O)Nc1ccc2cc[nH]c2c1. The largest absolute Gasteiger partial charge is 0.361 e. The van der Waals surface area contributed by atoms with Gasteiger partial charge < -0.3 is 15.2 Å². The number of thiocarbonyl (C=S) groups is 1. The minimum absolute atomic E-state index is 0.0137. The summed E-state index contributed by atoms with van der Waals surface area (Å²) in [5.74, 6) is -0.243. The van der Waals surface area contributed by atoms with Crippen LogP contribution in [0.2, 0.25) is 0 Å². The van der Waals surface area contributed by atoms with E-state index >= 15 is 0 Å². The first kappa shape index (κ1) is 23.6. The van der Waals surface area contributed by atoms with Crippen molar-refractivity contribution in [2.24, 2.45) is 5.92 Å². The Morgan fingerprint density at radius 3 is 2.56 bits per heavy atom. The van der Waals surface area contributed by atoms with Crippen molar-refractivity contribution in [3.63, 3.8) is 0 Å². The smallest absolute Gasteiger partial charge is 0.256 e. The van der Waals surface area contributed by atoms with Crippen molar-refractivity contribution < 1.29 is 14.4 Å². The van der Waals surface area contributed by atoms with Gasteiger partial charge in [-0.1, -0.05) is 26.3 Å². The number of nitrogens with zero attached hydrogens (tertiary/aromatic N) is 2. The molecule has 1 aliphatic rings. The summed E-state index contributed by atoms with van der Waals surface area (Å²) < 4.78 is 0. The topological polar surface area (TPSA) is 85.5 Å². The number of nitrogens with one attached hydrogen (secondary N) is 2. The molecule has 2 unspecified atom stereocenters. The third-order valence-electron chi connectivity index (χ3n) is 6.27. The predicted octanol–water partition coefficient (Wildman–Crippen LogP) is 4.75. The number of hydrogen-bond acceptors (Lipinski definition) is 4. The molecule has 8 heteroatoms.